The molecule has 17 heavy (non-hydrogen) atoms. The summed E-state index contributed by atoms with van der Waals surface area (Å²) in [6, 6.07) is 2.55. The summed E-state index contributed by atoms with van der Waals surface area (Å²) in [6.45, 7) is 2.18. The molecule has 1 aromatic rings. The molecular formula is C11H14N2O4. The molecular weight excluding hydrogens is 224 g/mol. The zero-order valence-corrected chi connectivity index (χ0v) is 9.64. The Kier molecular flexibility index (Phi) is 4.59. The van der Waals surface area contributed by atoms with Crippen LogP contribution in [0, 0.1) is 0 Å². The van der Waals surface area contributed by atoms with Crippen molar-refractivity contribution >= 4 is 11.9 Å². The monoisotopic (exact) mass is 238 g/mol. The lowest BCUT2D eigenvalue weighted by Gasteiger charge is -2.12. The molecule has 1 rings (SSSR count). The summed E-state index contributed by atoms with van der Waals surface area (Å²) in [6.07, 6.45) is 1.29. The molecule has 0 spiro atoms. The van der Waals surface area contributed by atoms with Crippen LogP contribution in [0.1, 0.15) is 27.8 Å². The number of carboxylic acid groups (broad SMARTS) is 1. The first-order chi connectivity index (χ1) is 8.04. The Labute approximate surface area is 98.6 Å². The van der Waals surface area contributed by atoms with Crippen LogP contribution in [0.15, 0.2) is 18.3 Å². The Bertz CT molecular complexity index is 420. The molecule has 92 valence electrons. The number of carbonyl (C=O) groups excluding carboxylic acids is 1. The SMILES string of the molecule is COC[C@@H](C)NC(=O)c1ccnc(C(=O)O)c1. The lowest BCUT2D eigenvalue weighted by Crippen LogP contribution is -2.35. The van der Waals surface area contributed by atoms with Crippen LogP contribution in [-0.4, -0.2) is 41.7 Å². The van der Waals surface area contributed by atoms with Gasteiger partial charge in [0.15, 0.2) is 0 Å². The van der Waals surface area contributed by atoms with Crippen molar-refractivity contribution < 1.29 is 19.4 Å². The number of nitrogens with zero attached hydrogens (tertiary/aromatic N) is 1. The molecule has 0 aromatic carbocycles. The summed E-state index contributed by atoms with van der Waals surface area (Å²) in [4.78, 5) is 26.0. The Hall–Kier alpha value is -1.95. The second kappa shape index (κ2) is 5.95. The maximum Gasteiger partial charge on any atom is 0.354 e. The molecule has 0 aliphatic rings. The van der Waals surface area contributed by atoms with Gasteiger partial charge in [-0.05, 0) is 19.1 Å². The smallest absolute Gasteiger partial charge is 0.354 e. The number of nitrogens with one attached hydrogen (secondary N) is 1. The minimum absolute atomic E-state index is 0.144. The van der Waals surface area contributed by atoms with Crippen LogP contribution in [0.3, 0.4) is 0 Å². The van der Waals surface area contributed by atoms with E-state index in [1.54, 1.807) is 6.92 Å². The zero-order valence-electron chi connectivity index (χ0n) is 9.64. The average Bonchev–Trinajstić information content (AvgIpc) is 2.29. The maximum atomic E-state index is 11.7. The number of aromatic nitrogens is 1. The van der Waals surface area contributed by atoms with Crippen LogP contribution in [0.5, 0.6) is 0 Å². The zero-order chi connectivity index (χ0) is 12.8. The van der Waals surface area contributed by atoms with Gasteiger partial charge in [-0.1, -0.05) is 0 Å². The summed E-state index contributed by atoms with van der Waals surface area (Å²) < 4.78 is 4.88. The molecule has 1 amide bonds. The number of pyridine rings is 1. The molecule has 2 N–H and O–H groups in total. The first kappa shape index (κ1) is 13.1. The maximum absolute atomic E-state index is 11.7. The van der Waals surface area contributed by atoms with Gasteiger partial charge in [-0.15, -0.1) is 0 Å². The van der Waals surface area contributed by atoms with Crippen LogP contribution >= 0.6 is 0 Å². The third-order valence-corrected chi connectivity index (χ3v) is 2.04. The van der Waals surface area contributed by atoms with Crippen LogP contribution in [0.4, 0.5) is 0 Å². The molecule has 0 aliphatic carbocycles. The van der Waals surface area contributed by atoms with Crippen molar-refractivity contribution in [2.75, 3.05) is 13.7 Å². The topological polar surface area (TPSA) is 88.5 Å². The van der Waals surface area contributed by atoms with E-state index in [4.69, 9.17) is 9.84 Å². The van der Waals surface area contributed by atoms with Gasteiger partial charge in [0.1, 0.15) is 5.69 Å². The van der Waals surface area contributed by atoms with Crippen molar-refractivity contribution in [2.45, 2.75) is 13.0 Å². The van der Waals surface area contributed by atoms with E-state index in [1.807, 2.05) is 0 Å². The van der Waals surface area contributed by atoms with E-state index in [9.17, 15) is 9.59 Å². The molecule has 0 radical (unpaired) electrons. The highest BCUT2D eigenvalue weighted by molar-refractivity contribution is 5.96. The van der Waals surface area contributed by atoms with Gasteiger partial charge < -0.3 is 15.2 Å². The predicted octanol–water partition coefficient (Wildman–Crippen LogP) is 0.544. The molecule has 0 saturated carbocycles. The summed E-state index contributed by atoms with van der Waals surface area (Å²) in [7, 11) is 1.54. The molecule has 0 unspecified atom stereocenters. The highest BCUT2D eigenvalue weighted by Crippen LogP contribution is 2.02. The molecule has 1 heterocycles. The second-order valence-corrected chi connectivity index (χ2v) is 3.56. The molecule has 0 bridgehead atoms. The van der Waals surface area contributed by atoms with E-state index < -0.39 is 5.97 Å². The highest BCUT2D eigenvalue weighted by Gasteiger charge is 2.12. The second-order valence-electron chi connectivity index (χ2n) is 3.56. The Morgan fingerprint density at radius 1 is 1.59 bits per heavy atom. The predicted molar refractivity (Wildman–Crippen MR) is 60.0 cm³/mol. The number of methoxy groups -OCH3 is 1. The summed E-state index contributed by atoms with van der Waals surface area (Å²) >= 11 is 0. The van der Waals surface area contributed by atoms with Gasteiger partial charge in [0, 0.05) is 24.9 Å². The first-order valence-electron chi connectivity index (χ1n) is 5.03. The number of aromatic carboxylic acids is 1. The third-order valence-electron chi connectivity index (χ3n) is 2.04. The Balaban J connectivity index is 2.75. The number of carboxylic acids is 1. The molecule has 6 nitrogen and oxygen atoms in total. The van der Waals surface area contributed by atoms with Crippen molar-refractivity contribution in [1.29, 1.82) is 0 Å². The van der Waals surface area contributed by atoms with Crippen LogP contribution in [-0.2, 0) is 4.74 Å². The van der Waals surface area contributed by atoms with E-state index in [-0.39, 0.29) is 23.2 Å². The number of amides is 1. The van der Waals surface area contributed by atoms with Crippen molar-refractivity contribution in [3.63, 3.8) is 0 Å². The van der Waals surface area contributed by atoms with Gasteiger partial charge in [0.25, 0.3) is 5.91 Å². The normalized spacial score (nSPS) is 11.9. The van der Waals surface area contributed by atoms with Gasteiger partial charge in [-0.25, -0.2) is 9.78 Å². The highest BCUT2D eigenvalue weighted by atomic mass is 16.5. The molecule has 1 atom stereocenters. The largest absolute Gasteiger partial charge is 0.477 e. The van der Waals surface area contributed by atoms with Crippen LogP contribution in [0.25, 0.3) is 0 Å². The van der Waals surface area contributed by atoms with E-state index in [0.717, 1.165) is 0 Å². The lowest BCUT2D eigenvalue weighted by molar-refractivity contribution is 0.0690. The van der Waals surface area contributed by atoms with E-state index in [1.165, 1.54) is 25.4 Å². The fraction of sp³-hybridized carbons (Fsp3) is 0.364. The van der Waals surface area contributed by atoms with Gasteiger partial charge in [-0.3, -0.25) is 4.79 Å². The van der Waals surface area contributed by atoms with Gasteiger partial charge in [0.05, 0.1) is 6.61 Å². The average molecular weight is 238 g/mol. The summed E-state index contributed by atoms with van der Waals surface area (Å²) in [5, 5.41) is 11.4. The molecule has 6 heteroatoms. The lowest BCUT2D eigenvalue weighted by atomic mass is 10.2. The molecule has 0 aliphatic heterocycles. The third kappa shape index (κ3) is 3.84. The van der Waals surface area contributed by atoms with Crippen LogP contribution < -0.4 is 5.32 Å². The summed E-state index contributed by atoms with van der Waals surface area (Å²) in [5.74, 6) is -1.51. The van der Waals surface area contributed by atoms with Crippen molar-refractivity contribution in [3.05, 3.63) is 29.6 Å². The molecule has 0 saturated heterocycles. The number of hydrogen-bond donors (Lipinski definition) is 2. The number of rotatable bonds is 5. The Morgan fingerprint density at radius 2 is 2.29 bits per heavy atom. The van der Waals surface area contributed by atoms with Gasteiger partial charge in [0.2, 0.25) is 0 Å². The molecule has 0 fully saturated rings. The minimum Gasteiger partial charge on any atom is -0.477 e. The van der Waals surface area contributed by atoms with Crippen LogP contribution in [0.2, 0.25) is 0 Å². The number of ether oxygens (including phenoxy) is 1. The van der Waals surface area contributed by atoms with Crippen molar-refractivity contribution in [1.82, 2.24) is 10.3 Å². The fourth-order valence-corrected chi connectivity index (χ4v) is 1.29. The fourth-order valence-electron chi connectivity index (χ4n) is 1.29. The number of carbonyl (C=O) groups is 2. The Morgan fingerprint density at radius 3 is 2.88 bits per heavy atom. The summed E-state index contributed by atoms with van der Waals surface area (Å²) in [5.41, 5.74) is 0.109. The van der Waals surface area contributed by atoms with E-state index in [2.05, 4.69) is 10.3 Å². The minimum atomic E-state index is -1.16. The van der Waals surface area contributed by atoms with Gasteiger partial charge >= 0.3 is 5.97 Å². The van der Waals surface area contributed by atoms with E-state index >= 15 is 0 Å². The quantitative estimate of drug-likeness (QED) is 0.781. The van der Waals surface area contributed by atoms with Crippen molar-refractivity contribution in [2.24, 2.45) is 0 Å². The number of hydrogen-bond acceptors (Lipinski definition) is 4. The standard InChI is InChI=1S/C11H14N2O4/c1-7(6-17-2)13-10(14)8-3-4-12-9(5-8)11(15)16/h3-5,7H,6H2,1-2H3,(H,13,14)(H,15,16)/t7-/m1/s1. The van der Waals surface area contributed by atoms with E-state index in [0.29, 0.717) is 6.61 Å². The van der Waals surface area contributed by atoms with Gasteiger partial charge in [-0.2, -0.15) is 0 Å². The first-order valence-corrected chi connectivity index (χ1v) is 5.03. The molecule has 1 aromatic heterocycles. The van der Waals surface area contributed by atoms with Crippen molar-refractivity contribution in [3.8, 4) is 0 Å².